The Morgan fingerprint density at radius 3 is 2.55 bits per heavy atom. The molecule has 1 aromatic rings. The van der Waals surface area contributed by atoms with Crippen molar-refractivity contribution in [1.29, 1.82) is 0 Å². The zero-order valence-electron chi connectivity index (χ0n) is 11.1. The number of nitrogen functional groups attached to an aromatic ring is 1. The summed E-state index contributed by atoms with van der Waals surface area (Å²) < 4.78 is 26.6. The van der Waals surface area contributed by atoms with Gasteiger partial charge in [0.2, 0.25) is 0 Å². The van der Waals surface area contributed by atoms with Gasteiger partial charge in [-0.05, 0) is 12.8 Å². The first-order valence-corrected chi connectivity index (χ1v) is 8.69. The van der Waals surface area contributed by atoms with Crippen LogP contribution in [0.2, 0.25) is 0 Å². The van der Waals surface area contributed by atoms with Gasteiger partial charge in [-0.3, -0.25) is 10.1 Å². The van der Waals surface area contributed by atoms with E-state index < -0.39 is 14.9 Å². The third kappa shape index (κ3) is 2.65. The molecule has 0 radical (unpaired) electrons. The Kier molecular flexibility index (Phi) is 4.31. The third-order valence-electron chi connectivity index (χ3n) is 3.52. The molecule has 20 heavy (non-hydrogen) atoms. The Balaban J connectivity index is 2.37. The fraction of sp³-hybridized carbons (Fsp3) is 0.636. The number of rotatable bonds is 5. The topological polar surface area (TPSA) is 107 Å². The van der Waals surface area contributed by atoms with E-state index in [1.165, 1.54) is 4.31 Å². The summed E-state index contributed by atoms with van der Waals surface area (Å²) in [5.74, 6) is 0. The summed E-state index contributed by atoms with van der Waals surface area (Å²) >= 11 is 0.759. The maximum Gasteiger partial charge on any atom is 0.304 e. The van der Waals surface area contributed by atoms with Crippen LogP contribution in [-0.2, 0) is 10.0 Å². The number of nitrogens with two attached hydrogens (primary N) is 1. The molecule has 0 amide bonds. The van der Waals surface area contributed by atoms with E-state index in [0.29, 0.717) is 6.54 Å². The highest BCUT2D eigenvalue weighted by Crippen LogP contribution is 2.37. The molecule has 1 saturated carbocycles. The highest BCUT2D eigenvalue weighted by molar-refractivity contribution is 7.91. The predicted octanol–water partition coefficient (Wildman–Crippen LogP) is 2.19. The molecular weight excluding hydrogens is 302 g/mol. The van der Waals surface area contributed by atoms with E-state index >= 15 is 0 Å². The van der Waals surface area contributed by atoms with Crippen molar-refractivity contribution in [2.45, 2.75) is 42.9 Å². The van der Waals surface area contributed by atoms with E-state index in [2.05, 4.69) is 0 Å². The van der Waals surface area contributed by atoms with Crippen LogP contribution in [0, 0.1) is 10.1 Å². The van der Waals surface area contributed by atoms with Crippen molar-refractivity contribution in [2.24, 2.45) is 0 Å². The lowest BCUT2D eigenvalue weighted by molar-refractivity contribution is -0.383. The molecule has 0 unspecified atom stereocenters. The van der Waals surface area contributed by atoms with E-state index in [4.69, 9.17) is 5.73 Å². The molecule has 0 atom stereocenters. The summed E-state index contributed by atoms with van der Waals surface area (Å²) in [6, 6.07) is 1.06. The first-order valence-electron chi connectivity index (χ1n) is 6.43. The van der Waals surface area contributed by atoms with E-state index in [0.717, 1.165) is 43.1 Å². The lowest BCUT2D eigenvalue weighted by atomic mass is 10.2. The minimum atomic E-state index is -3.70. The second-order valence-corrected chi connectivity index (χ2v) is 7.92. The maximum absolute atomic E-state index is 12.6. The predicted molar refractivity (Wildman–Crippen MR) is 77.2 cm³/mol. The quantitative estimate of drug-likeness (QED) is 0.661. The van der Waals surface area contributed by atoms with Crippen LogP contribution >= 0.6 is 11.3 Å². The van der Waals surface area contributed by atoms with Gasteiger partial charge in [-0.1, -0.05) is 31.1 Å². The largest absolute Gasteiger partial charge is 0.385 e. The lowest BCUT2D eigenvalue weighted by Gasteiger charge is -2.25. The van der Waals surface area contributed by atoms with Crippen molar-refractivity contribution < 1.29 is 13.3 Å². The summed E-state index contributed by atoms with van der Waals surface area (Å²) in [7, 11) is -3.70. The van der Waals surface area contributed by atoms with Crippen LogP contribution in [0.3, 0.4) is 0 Å². The second-order valence-electron chi connectivity index (χ2n) is 4.72. The minimum absolute atomic E-state index is 0.00705. The summed E-state index contributed by atoms with van der Waals surface area (Å²) in [5, 5.41) is 10.7. The summed E-state index contributed by atoms with van der Waals surface area (Å²) in [6.07, 6.45) is 3.72. The first-order chi connectivity index (χ1) is 9.37. The summed E-state index contributed by atoms with van der Waals surface area (Å²) in [5.41, 5.74) is 5.19. The highest BCUT2D eigenvalue weighted by Gasteiger charge is 2.34. The number of thiophene rings is 1. The van der Waals surface area contributed by atoms with Crippen LogP contribution in [0.1, 0.15) is 32.6 Å². The molecule has 7 nitrogen and oxygen atoms in total. The molecule has 1 fully saturated rings. The normalized spacial score (nSPS) is 16.9. The van der Waals surface area contributed by atoms with Crippen molar-refractivity contribution in [3.05, 3.63) is 16.2 Å². The molecule has 112 valence electrons. The van der Waals surface area contributed by atoms with Crippen molar-refractivity contribution in [2.75, 3.05) is 12.3 Å². The van der Waals surface area contributed by atoms with Crippen LogP contribution in [0.4, 0.5) is 10.7 Å². The number of hydrogen-bond acceptors (Lipinski definition) is 6. The maximum atomic E-state index is 12.6. The van der Waals surface area contributed by atoms with Gasteiger partial charge in [0.05, 0.1) is 4.92 Å². The molecule has 9 heteroatoms. The van der Waals surface area contributed by atoms with Gasteiger partial charge in [0.15, 0.2) is 5.00 Å². The van der Waals surface area contributed by atoms with E-state index in [-0.39, 0.29) is 20.9 Å². The van der Waals surface area contributed by atoms with Crippen molar-refractivity contribution in [3.63, 3.8) is 0 Å². The van der Waals surface area contributed by atoms with Crippen LogP contribution in [0.25, 0.3) is 0 Å². The van der Waals surface area contributed by atoms with Crippen LogP contribution in [0.15, 0.2) is 10.3 Å². The monoisotopic (exact) mass is 319 g/mol. The van der Waals surface area contributed by atoms with Gasteiger partial charge in [0.1, 0.15) is 4.21 Å². The van der Waals surface area contributed by atoms with Crippen LogP contribution < -0.4 is 5.73 Å². The third-order valence-corrected chi connectivity index (χ3v) is 6.95. The zero-order chi connectivity index (χ0) is 14.9. The number of hydrogen-bond donors (Lipinski definition) is 1. The molecule has 1 aliphatic carbocycles. The Morgan fingerprint density at radius 1 is 1.50 bits per heavy atom. The molecule has 2 rings (SSSR count). The van der Waals surface area contributed by atoms with Crippen LogP contribution in [0.5, 0.6) is 0 Å². The molecule has 0 aromatic carbocycles. The molecular formula is C11H17N3O4S2. The van der Waals surface area contributed by atoms with Crippen molar-refractivity contribution in [1.82, 2.24) is 4.31 Å². The molecule has 0 aliphatic heterocycles. The average Bonchev–Trinajstić information content (AvgIpc) is 2.99. The smallest absolute Gasteiger partial charge is 0.304 e. The Bertz CT molecular complexity index is 605. The van der Waals surface area contributed by atoms with Gasteiger partial charge in [-0.15, -0.1) is 0 Å². The highest BCUT2D eigenvalue weighted by atomic mass is 32.2. The van der Waals surface area contributed by atoms with Crippen molar-refractivity contribution >= 4 is 32.0 Å². The van der Waals surface area contributed by atoms with Crippen LogP contribution in [-0.4, -0.2) is 30.2 Å². The number of anilines is 1. The summed E-state index contributed by atoms with van der Waals surface area (Å²) in [6.45, 7) is 2.14. The lowest BCUT2D eigenvalue weighted by Crippen LogP contribution is -2.38. The minimum Gasteiger partial charge on any atom is -0.385 e. The van der Waals surface area contributed by atoms with E-state index in [9.17, 15) is 18.5 Å². The molecule has 1 aromatic heterocycles. The average molecular weight is 319 g/mol. The number of sulfonamides is 1. The molecule has 0 spiro atoms. The fourth-order valence-electron chi connectivity index (χ4n) is 2.57. The Hall–Kier alpha value is -1.19. The zero-order valence-corrected chi connectivity index (χ0v) is 12.7. The second kappa shape index (κ2) is 5.66. The molecule has 1 heterocycles. The van der Waals surface area contributed by atoms with Gasteiger partial charge >= 0.3 is 5.69 Å². The first kappa shape index (κ1) is 15.2. The van der Waals surface area contributed by atoms with Gasteiger partial charge in [-0.25, -0.2) is 8.42 Å². The van der Waals surface area contributed by atoms with E-state index in [1.54, 1.807) is 6.92 Å². The van der Waals surface area contributed by atoms with E-state index in [1.807, 2.05) is 0 Å². The number of nitrogens with zero attached hydrogens (tertiary/aromatic N) is 2. The summed E-state index contributed by atoms with van der Waals surface area (Å²) in [4.78, 5) is 10.1. The number of nitro groups is 1. The molecule has 0 bridgehead atoms. The Labute approximate surface area is 121 Å². The Morgan fingerprint density at radius 2 is 2.10 bits per heavy atom. The molecule has 1 aliphatic rings. The van der Waals surface area contributed by atoms with Gasteiger partial charge < -0.3 is 5.73 Å². The SMILES string of the molecule is CCN(C1CCCC1)S(=O)(=O)c1cc([N+](=O)[O-])c(N)s1. The van der Waals surface area contributed by atoms with Gasteiger partial charge in [-0.2, -0.15) is 4.31 Å². The van der Waals surface area contributed by atoms with Crippen molar-refractivity contribution in [3.8, 4) is 0 Å². The molecule has 0 saturated heterocycles. The van der Waals surface area contributed by atoms with Gasteiger partial charge in [0.25, 0.3) is 10.0 Å². The standard InChI is InChI=1S/C11H17N3O4S2/c1-2-13(8-5-3-4-6-8)20(17,18)10-7-9(14(15)16)11(12)19-10/h7-8H,2-6,12H2,1H3. The van der Waals surface area contributed by atoms with Gasteiger partial charge in [0, 0.05) is 18.7 Å². The molecule has 2 N–H and O–H groups in total. The fourth-order valence-corrected chi connectivity index (χ4v) is 5.61.